The molecule has 0 spiro atoms. The zero-order valence-corrected chi connectivity index (χ0v) is 27.9. The lowest BCUT2D eigenvalue weighted by atomic mass is 9.84. The summed E-state index contributed by atoms with van der Waals surface area (Å²) in [5.74, 6) is 2.97. The van der Waals surface area contributed by atoms with Crippen LogP contribution >= 0.6 is 0 Å². The fourth-order valence-corrected chi connectivity index (χ4v) is 6.89. The zero-order chi connectivity index (χ0) is 32.4. The van der Waals surface area contributed by atoms with Crippen LogP contribution in [0, 0.1) is 26.2 Å². The summed E-state index contributed by atoms with van der Waals surface area (Å²) in [6.07, 6.45) is 0. The van der Waals surface area contributed by atoms with Crippen molar-refractivity contribution in [2.75, 3.05) is 27.4 Å². The van der Waals surface area contributed by atoms with Crippen LogP contribution in [0.2, 0.25) is 0 Å². The maximum absolute atomic E-state index is 6.44. The molecule has 0 radical (unpaired) electrons. The predicted octanol–water partition coefficient (Wildman–Crippen LogP) is 8.21. The second-order valence-electron chi connectivity index (χ2n) is 13.1. The van der Waals surface area contributed by atoms with Gasteiger partial charge in [-0.15, -0.1) is 0 Å². The minimum Gasteiger partial charge on any atom is -0.497 e. The Balaban J connectivity index is 1.34. The molecule has 4 aromatic carbocycles. The fraction of sp³-hybridized carbons (Fsp3) is 0.350. The summed E-state index contributed by atoms with van der Waals surface area (Å²) in [6.45, 7) is 11.5. The van der Waals surface area contributed by atoms with Crippen molar-refractivity contribution in [2.24, 2.45) is 15.4 Å². The standard InChI is InChI=1S/C40H44N2O4/c1-25-11-8-12-28(18-25)36(29-13-9-15-32(21-29)43-6)34-23-45-38(41-34)40(4,5)39-42-35(24-46-39)37(30-14-10-16-33(22-30)44-7)31-19-26(2)17-27(3)20-31/h8-22,34-37H,23-24H2,1-7H3/t34-,35?,36?,37-/m1/s1. The first-order chi connectivity index (χ1) is 22.2. The number of benzene rings is 4. The van der Waals surface area contributed by atoms with Gasteiger partial charge in [-0.25, -0.2) is 9.98 Å². The lowest BCUT2D eigenvalue weighted by molar-refractivity contribution is 0.258. The van der Waals surface area contributed by atoms with Crippen LogP contribution < -0.4 is 9.47 Å². The topological polar surface area (TPSA) is 61.6 Å². The van der Waals surface area contributed by atoms with Crippen molar-refractivity contribution in [1.82, 2.24) is 0 Å². The third-order valence-corrected chi connectivity index (χ3v) is 9.10. The van der Waals surface area contributed by atoms with E-state index in [1.807, 2.05) is 24.3 Å². The Morgan fingerprint density at radius 1 is 0.587 bits per heavy atom. The average molecular weight is 617 g/mol. The first-order valence-electron chi connectivity index (χ1n) is 16.0. The van der Waals surface area contributed by atoms with Gasteiger partial charge in [0.15, 0.2) is 11.8 Å². The van der Waals surface area contributed by atoms with Gasteiger partial charge >= 0.3 is 0 Å². The Labute approximate surface area is 273 Å². The van der Waals surface area contributed by atoms with Crippen LogP contribution in [0.1, 0.15) is 64.6 Å². The molecule has 6 rings (SSSR count). The van der Waals surface area contributed by atoms with E-state index in [2.05, 4.69) is 101 Å². The van der Waals surface area contributed by atoms with Gasteiger partial charge in [0.05, 0.1) is 26.3 Å². The molecule has 238 valence electrons. The molecule has 0 saturated carbocycles. The molecule has 0 aromatic heterocycles. The van der Waals surface area contributed by atoms with E-state index in [0.29, 0.717) is 25.0 Å². The van der Waals surface area contributed by atoms with E-state index in [0.717, 1.165) is 22.6 Å². The lowest BCUT2D eigenvalue weighted by Gasteiger charge is -2.23. The van der Waals surface area contributed by atoms with Crippen molar-refractivity contribution < 1.29 is 18.9 Å². The largest absolute Gasteiger partial charge is 0.497 e. The maximum atomic E-state index is 6.44. The minimum atomic E-state index is -0.642. The van der Waals surface area contributed by atoms with Gasteiger partial charge in [0.25, 0.3) is 0 Å². The molecule has 2 unspecified atom stereocenters. The Morgan fingerprint density at radius 3 is 1.50 bits per heavy atom. The Hall–Kier alpha value is -4.58. The summed E-state index contributed by atoms with van der Waals surface area (Å²) < 4.78 is 24.0. The number of nitrogens with zero attached hydrogens (tertiary/aromatic N) is 2. The van der Waals surface area contributed by atoms with Gasteiger partial charge in [0, 0.05) is 11.8 Å². The van der Waals surface area contributed by atoms with Crippen LogP contribution in [0.5, 0.6) is 11.5 Å². The van der Waals surface area contributed by atoms with Gasteiger partial charge in [-0.3, -0.25) is 0 Å². The monoisotopic (exact) mass is 616 g/mol. The SMILES string of the molecule is COc1cccc(C(c2cccc(C)c2)[C@H]2COC(C(C)(C)C3=NC([C@@H](c4cc(C)cc(C)c4)c4cccc(OC)c4)CO3)=N2)c1. The molecule has 2 aliphatic rings. The van der Waals surface area contributed by atoms with E-state index in [-0.39, 0.29) is 23.9 Å². The molecule has 6 nitrogen and oxygen atoms in total. The van der Waals surface area contributed by atoms with Gasteiger partial charge in [-0.2, -0.15) is 0 Å². The number of aliphatic imine (C=N–C) groups is 2. The van der Waals surface area contributed by atoms with Gasteiger partial charge in [-0.05, 0) is 81.1 Å². The average Bonchev–Trinajstić information content (AvgIpc) is 3.73. The maximum Gasteiger partial charge on any atom is 0.199 e. The Bertz CT molecular complexity index is 1750. The van der Waals surface area contributed by atoms with Crippen molar-refractivity contribution in [3.8, 4) is 11.5 Å². The summed E-state index contributed by atoms with van der Waals surface area (Å²) in [5, 5.41) is 0. The van der Waals surface area contributed by atoms with Crippen molar-refractivity contribution in [1.29, 1.82) is 0 Å². The lowest BCUT2D eigenvalue weighted by Crippen LogP contribution is -2.34. The number of aryl methyl sites for hydroxylation is 3. The van der Waals surface area contributed by atoms with Crippen LogP contribution in [0.15, 0.2) is 101 Å². The molecule has 4 atom stereocenters. The molecular weight excluding hydrogens is 572 g/mol. The van der Waals surface area contributed by atoms with Crippen LogP contribution in [-0.2, 0) is 9.47 Å². The molecule has 2 heterocycles. The van der Waals surface area contributed by atoms with Gasteiger partial charge < -0.3 is 18.9 Å². The highest BCUT2D eigenvalue weighted by atomic mass is 16.5. The second-order valence-corrected chi connectivity index (χ2v) is 13.1. The molecular formula is C40H44N2O4. The molecule has 2 aliphatic heterocycles. The second kappa shape index (κ2) is 13.0. The Kier molecular flexibility index (Phi) is 8.90. The summed E-state index contributed by atoms with van der Waals surface area (Å²) in [4.78, 5) is 10.5. The van der Waals surface area contributed by atoms with Crippen molar-refractivity contribution in [3.63, 3.8) is 0 Å². The summed E-state index contributed by atoms with van der Waals surface area (Å²) in [7, 11) is 3.41. The third kappa shape index (κ3) is 6.39. The minimum absolute atomic E-state index is 0.0000506. The molecule has 0 N–H and O–H groups in total. The highest BCUT2D eigenvalue weighted by Gasteiger charge is 2.44. The number of methoxy groups -OCH3 is 2. The normalized spacial score (nSPS) is 19.0. The van der Waals surface area contributed by atoms with Crippen molar-refractivity contribution in [3.05, 3.63) is 130 Å². The van der Waals surface area contributed by atoms with Crippen LogP contribution in [0.3, 0.4) is 0 Å². The molecule has 46 heavy (non-hydrogen) atoms. The smallest absolute Gasteiger partial charge is 0.199 e. The molecule has 6 heteroatoms. The number of rotatable bonds is 10. The van der Waals surface area contributed by atoms with Crippen LogP contribution in [-0.4, -0.2) is 51.3 Å². The molecule has 0 fully saturated rings. The molecule has 4 aromatic rings. The summed E-state index contributed by atoms with van der Waals surface area (Å²) in [5.41, 5.74) is 7.74. The molecule has 0 aliphatic carbocycles. The van der Waals surface area contributed by atoms with Gasteiger partial charge in [-0.1, -0.05) is 83.4 Å². The summed E-state index contributed by atoms with van der Waals surface area (Å²) >= 11 is 0. The van der Waals surface area contributed by atoms with Crippen molar-refractivity contribution >= 4 is 11.8 Å². The van der Waals surface area contributed by atoms with E-state index in [4.69, 9.17) is 28.9 Å². The summed E-state index contributed by atoms with van der Waals surface area (Å²) in [6, 6.07) is 31.7. The third-order valence-electron chi connectivity index (χ3n) is 9.10. The van der Waals surface area contributed by atoms with E-state index in [1.54, 1.807) is 14.2 Å². The molecule has 0 amide bonds. The van der Waals surface area contributed by atoms with Crippen LogP contribution in [0.25, 0.3) is 0 Å². The van der Waals surface area contributed by atoms with E-state index < -0.39 is 5.41 Å². The molecule has 0 bridgehead atoms. The van der Waals surface area contributed by atoms with E-state index >= 15 is 0 Å². The quantitative estimate of drug-likeness (QED) is 0.180. The van der Waals surface area contributed by atoms with Gasteiger partial charge in [0.1, 0.15) is 30.1 Å². The van der Waals surface area contributed by atoms with Gasteiger partial charge in [0.2, 0.25) is 0 Å². The number of hydrogen-bond donors (Lipinski definition) is 0. The first-order valence-corrected chi connectivity index (χ1v) is 16.0. The number of ether oxygens (including phenoxy) is 4. The Morgan fingerprint density at radius 2 is 1.02 bits per heavy atom. The van der Waals surface area contributed by atoms with E-state index in [1.165, 1.54) is 27.8 Å². The highest BCUT2D eigenvalue weighted by molar-refractivity contribution is 6.05. The van der Waals surface area contributed by atoms with Crippen molar-refractivity contribution in [2.45, 2.75) is 58.5 Å². The zero-order valence-electron chi connectivity index (χ0n) is 27.9. The first kappa shape index (κ1) is 31.4. The predicted molar refractivity (Wildman–Crippen MR) is 185 cm³/mol. The van der Waals surface area contributed by atoms with Crippen LogP contribution in [0.4, 0.5) is 0 Å². The number of hydrogen-bond acceptors (Lipinski definition) is 6. The highest BCUT2D eigenvalue weighted by Crippen LogP contribution is 2.40. The molecule has 0 saturated heterocycles. The fourth-order valence-electron chi connectivity index (χ4n) is 6.89. The van der Waals surface area contributed by atoms with E-state index in [9.17, 15) is 0 Å².